The van der Waals surface area contributed by atoms with Gasteiger partial charge in [0.05, 0.1) is 11.2 Å². The number of aromatic nitrogens is 4. The molecule has 1 aliphatic carbocycles. The van der Waals surface area contributed by atoms with Crippen LogP contribution in [0.5, 0.6) is 0 Å². The van der Waals surface area contributed by atoms with Crippen LogP contribution in [0.3, 0.4) is 0 Å². The maximum Gasteiger partial charge on any atom is 0.355 e. The van der Waals surface area contributed by atoms with Crippen molar-refractivity contribution in [2.45, 2.75) is 25.7 Å². The molecular formula is C17H17N5O. The Morgan fingerprint density at radius 2 is 2.00 bits per heavy atom. The van der Waals surface area contributed by atoms with E-state index >= 15 is 0 Å². The highest BCUT2D eigenvalue weighted by molar-refractivity contribution is 5.90. The molecule has 0 atom stereocenters. The Morgan fingerprint density at radius 3 is 2.70 bits per heavy atom. The highest BCUT2D eigenvalue weighted by Gasteiger charge is 2.24. The molecule has 3 aromatic rings. The van der Waals surface area contributed by atoms with Crippen LogP contribution in [-0.2, 0) is 0 Å². The number of benzene rings is 1. The van der Waals surface area contributed by atoms with Gasteiger partial charge in [0.2, 0.25) is 0 Å². The normalized spacial score (nSPS) is 14.2. The second-order valence-corrected chi connectivity index (χ2v) is 5.84. The summed E-state index contributed by atoms with van der Waals surface area (Å²) in [6, 6.07) is 6.25. The van der Waals surface area contributed by atoms with Crippen LogP contribution >= 0.6 is 0 Å². The summed E-state index contributed by atoms with van der Waals surface area (Å²) in [6.45, 7) is 1.84. The number of aryl methyl sites for hydroxylation is 1. The molecule has 0 saturated heterocycles. The number of fused-ring (bicyclic) bond motifs is 1. The lowest BCUT2D eigenvalue weighted by molar-refractivity contribution is 0.891. The minimum absolute atomic E-state index is 0.349. The molecule has 1 saturated carbocycles. The fourth-order valence-electron chi connectivity index (χ4n) is 2.93. The van der Waals surface area contributed by atoms with E-state index in [1.807, 2.05) is 13.0 Å². The minimum Gasteiger partial charge on any atom is -0.372 e. The number of rotatable bonds is 3. The Kier molecular flexibility index (Phi) is 3.11. The average molecular weight is 307 g/mol. The van der Waals surface area contributed by atoms with E-state index in [2.05, 4.69) is 32.4 Å². The summed E-state index contributed by atoms with van der Waals surface area (Å²) < 4.78 is 1.56. The molecule has 23 heavy (non-hydrogen) atoms. The molecule has 4 rings (SSSR count). The van der Waals surface area contributed by atoms with Gasteiger partial charge in [0.15, 0.2) is 5.82 Å². The average Bonchev–Trinajstić information content (AvgIpc) is 3.40. The lowest BCUT2D eigenvalue weighted by atomic mass is 10.1. The molecule has 2 aromatic heterocycles. The number of nitrogens with zero attached hydrogens (tertiary/aromatic N) is 4. The van der Waals surface area contributed by atoms with Crippen molar-refractivity contribution in [2.75, 3.05) is 12.4 Å². The first-order valence-electron chi connectivity index (χ1n) is 7.71. The highest BCUT2D eigenvalue weighted by atomic mass is 16.1. The Bertz CT molecular complexity index is 959. The third-order valence-electron chi connectivity index (χ3n) is 4.27. The summed E-state index contributed by atoms with van der Waals surface area (Å²) in [5.41, 5.74) is 2.44. The molecule has 1 aliphatic rings. The Balaban J connectivity index is 2.09. The second kappa shape index (κ2) is 5.15. The number of hydrogen-bond acceptors (Lipinski definition) is 5. The Hall–Kier alpha value is -2.76. The van der Waals surface area contributed by atoms with Crippen molar-refractivity contribution < 1.29 is 0 Å². The fraction of sp³-hybridized carbons (Fsp3) is 0.294. The molecule has 1 fully saturated rings. The van der Waals surface area contributed by atoms with Crippen molar-refractivity contribution in [3.8, 4) is 5.82 Å². The zero-order valence-electron chi connectivity index (χ0n) is 13.1. The third kappa shape index (κ3) is 2.27. The standard InChI is InChI=1S/C17H17N5O/c1-10-16(20-8-7-19-10)22-14-9-12(11-3-4-11)5-6-13(14)15(18-2)21-17(22)23/h5-9,11H,3-4H2,1-2H3,(H,18,21,23). The van der Waals surface area contributed by atoms with Crippen LogP contribution in [0, 0.1) is 6.92 Å². The molecular weight excluding hydrogens is 290 g/mol. The zero-order chi connectivity index (χ0) is 16.0. The van der Waals surface area contributed by atoms with E-state index in [1.165, 1.54) is 18.4 Å². The van der Waals surface area contributed by atoms with Crippen molar-refractivity contribution in [3.63, 3.8) is 0 Å². The predicted octanol–water partition coefficient (Wildman–Crippen LogP) is 2.40. The summed E-state index contributed by atoms with van der Waals surface area (Å²) >= 11 is 0. The number of anilines is 1. The molecule has 6 nitrogen and oxygen atoms in total. The first kappa shape index (κ1) is 13.9. The maximum absolute atomic E-state index is 12.6. The van der Waals surface area contributed by atoms with E-state index < -0.39 is 0 Å². The van der Waals surface area contributed by atoms with Crippen LogP contribution < -0.4 is 11.0 Å². The zero-order valence-corrected chi connectivity index (χ0v) is 13.1. The molecule has 0 amide bonds. The van der Waals surface area contributed by atoms with Gasteiger partial charge >= 0.3 is 5.69 Å². The predicted molar refractivity (Wildman–Crippen MR) is 89.2 cm³/mol. The molecule has 0 spiro atoms. The van der Waals surface area contributed by atoms with Crippen molar-refractivity contribution in [1.29, 1.82) is 0 Å². The van der Waals surface area contributed by atoms with Crippen LogP contribution in [0.15, 0.2) is 35.4 Å². The van der Waals surface area contributed by atoms with Crippen molar-refractivity contribution in [3.05, 3.63) is 52.3 Å². The molecule has 0 radical (unpaired) electrons. The summed E-state index contributed by atoms with van der Waals surface area (Å²) in [7, 11) is 1.77. The van der Waals surface area contributed by atoms with Gasteiger partial charge < -0.3 is 5.32 Å². The van der Waals surface area contributed by atoms with E-state index in [1.54, 1.807) is 24.0 Å². The van der Waals surface area contributed by atoms with Crippen molar-refractivity contribution >= 4 is 16.7 Å². The topological polar surface area (TPSA) is 72.7 Å². The Labute approximate surface area is 133 Å². The van der Waals surface area contributed by atoms with E-state index in [9.17, 15) is 4.79 Å². The van der Waals surface area contributed by atoms with Crippen molar-refractivity contribution in [2.24, 2.45) is 0 Å². The van der Waals surface area contributed by atoms with Gasteiger partial charge in [-0.05, 0) is 43.4 Å². The lowest BCUT2D eigenvalue weighted by Gasteiger charge is -2.14. The molecule has 116 valence electrons. The van der Waals surface area contributed by atoms with Gasteiger partial charge in [0.1, 0.15) is 5.82 Å². The summed E-state index contributed by atoms with van der Waals surface area (Å²) in [5.74, 6) is 1.73. The lowest BCUT2D eigenvalue weighted by Crippen LogP contribution is -2.25. The first-order chi connectivity index (χ1) is 11.2. The number of nitrogens with one attached hydrogen (secondary N) is 1. The van der Waals surface area contributed by atoms with Gasteiger partial charge in [-0.15, -0.1) is 0 Å². The van der Waals surface area contributed by atoms with Crippen LogP contribution in [0.2, 0.25) is 0 Å². The van der Waals surface area contributed by atoms with E-state index in [-0.39, 0.29) is 5.69 Å². The monoisotopic (exact) mass is 307 g/mol. The quantitative estimate of drug-likeness (QED) is 0.804. The van der Waals surface area contributed by atoms with Gasteiger partial charge in [-0.25, -0.2) is 14.3 Å². The van der Waals surface area contributed by atoms with Gasteiger partial charge in [-0.2, -0.15) is 4.98 Å². The van der Waals surface area contributed by atoms with Gasteiger partial charge in [-0.3, -0.25) is 4.98 Å². The Morgan fingerprint density at radius 1 is 1.22 bits per heavy atom. The van der Waals surface area contributed by atoms with Crippen LogP contribution in [0.1, 0.15) is 30.0 Å². The smallest absolute Gasteiger partial charge is 0.355 e. The first-order valence-corrected chi connectivity index (χ1v) is 7.71. The molecule has 0 unspecified atom stereocenters. The minimum atomic E-state index is -0.349. The third-order valence-corrected chi connectivity index (χ3v) is 4.27. The van der Waals surface area contributed by atoms with Crippen LogP contribution in [-0.4, -0.2) is 26.6 Å². The number of hydrogen-bond donors (Lipinski definition) is 1. The largest absolute Gasteiger partial charge is 0.372 e. The van der Waals surface area contributed by atoms with E-state index in [0.29, 0.717) is 23.2 Å². The molecule has 0 bridgehead atoms. The van der Waals surface area contributed by atoms with Gasteiger partial charge in [-0.1, -0.05) is 6.07 Å². The van der Waals surface area contributed by atoms with Crippen LogP contribution in [0.4, 0.5) is 5.82 Å². The SMILES string of the molecule is CNc1nc(=O)n(-c2nccnc2C)c2cc(C3CC3)ccc12. The van der Waals surface area contributed by atoms with Gasteiger partial charge in [0.25, 0.3) is 0 Å². The fourth-order valence-corrected chi connectivity index (χ4v) is 2.93. The molecule has 1 aromatic carbocycles. The molecule has 1 N–H and O–H groups in total. The maximum atomic E-state index is 12.6. The molecule has 2 heterocycles. The van der Waals surface area contributed by atoms with E-state index in [4.69, 9.17) is 0 Å². The van der Waals surface area contributed by atoms with Crippen LogP contribution in [0.25, 0.3) is 16.7 Å². The van der Waals surface area contributed by atoms with E-state index in [0.717, 1.165) is 10.9 Å². The molecule has 0 aliphatic heterocycles. The molecule has 6 heteroatoms. The highest BCUT2D eigenvalue weighted by Crippen LogP contribution is 2.41. The summed E-state index contributed by atoms with van der Waals surface area (Å²) in [4.78, 5) is 25.4. The summed E-state index contributed by atoms with van der Waals surface area (Å²) in [6.07, 6.45) is 5.64. The second-order valence-electron chi connectivity index (χ2n) is 5.84. The van der Waals surface area contributed by atoms with Crippen molar-refractivity contribution in [1.82, 2.24) is 19.5 Å². The summed E-state index contributed by atoms with van der Waals surface area (Å²) in [5, 5.41) is 3.91. The van der Waals surface area contributed by atoms with Gasteiger partial charge in [0, 0.05) is 24.8 Å².